The van der Waals surface area contributed by atoms with Gasteiger partial charge in [-0.2, -0.15) is 0 Å². The molecule has 1 nitrogen and oxygen atoms in total. The summed E-state index contributed by atoms with van der Waals surface area (Å²) in [5, 5.41) is 9.51. The lowest BCUT2D eigenvalue weighted by molar-refractivity contribution is 0.417. The van der Waals surface area contributed by atoms with Gasteiger partial charge < -0.3 is 5.11 Å². The third-order valence-corrected chi connectivity index (χ3v) is 1.95. The molecular formula is C11H18O. The fourth-order valence-electron chi connectivity index (χ4n) is 1.23. The lowest BCUT2D eigenvalue weighted by Gasteiger charge is -2.07. The van der Waals surface area contributed by atoms with Gasteiger partial charge in [-0.3, -0.25) is 0 Å². The lowest BCUT2D eigenvalue weighted by Crippen LogP contribution is -1.92. The van der Waals surface area contributed by atoms with Gasteiger partial charge in [0.25, 0.3) is 0 Å². The summed E-state index contributed by atoms with van der Waals surface area (Å²) in [6.45, 7) is 9.66. The van der Waals surface area contributed by atoms with Crippen LogP contribution in [0.25, 0.3) is 0 Å². The van der Waals surface area contributed by atoms with Gasteiger partial charge in [-0.1, -0.05) is 26.5 Å². The fraction of sp³-hybridized carbons (Fsp3) is 0.455. The second-order valence-corrected chi connectivity index (χ2v) is 2.59. The number of allylic oxidation sites excluding steroid dienone is 4. The molecule has 0 aliphatic heterocycles. The largest absolute Gasteiger partial charge is 0.508 e. The van der Waals surface area contributed by atoms with Crippen molar-refractivity contribution >= 4 is 0 Å². The van der Waals surface area contributed by atoms with Crippen LogP contribution in [-0.2, 0) is 0 Å². The van der Waals surface area contributed by atoms with Crippen molar-refractivity contribution in [2.75, 3.05) is 0 Å². The second-order valence-electron chi connectivity index (χ2n) is 2.59. The van der Waals surface area contributed by atoms with E-state index in [4.69, 9.17) is 0 Å². The van der Waals surface area contributed by atoms with Crippen LogP contribution in [0.3, 0.4) is 0 Å². The van der Waals surface area contributed by atoms with Crippen molar-refractivity contribution in [3.63, 3.8) is 0 Å². The Hall–Kier alpha value is -0.980. The van der Waals surface area contributed by atoms with Gasteiger partial charge in [0.15, 0.2) is 0 Å². The Morgan fingerprint density at radius 3 is 2.17 bits per heavy atom. The lowest BCUT2D eigenvalue weighted by atomic mass is 10.0. The molecule has 0 spiro atoms. The molecule has 0 aliphatic carbocycles. The highest BCUT2D eigenvalue weighted by Crippen LogP contribution is 2.19. The van der Waals surface area contributed by atoms with E-state index in [1.165, 1.54) is 0 Å². The molecule has 0 radical (unpaired) electrons. The molecule has 1 N–H and O–H groups in total. The van der Waals surface area contributed by atoms with E-state index in [1.807, 2.05) is 19.9 Å². The summed E-state index contributed by atoms with van der Waals surface area (Å²) >= 11 is 0. The van der Waals surface area contributed by atoms with Crippen molar-refractivity contribution in [3.8, 4) is 0 Å². The highest BCUT2D eigenvalue weighted by molar-refractivity contribution is 5.35. The minimum absolute atomic E-state index is 0.384. The number of hydrogen-bond acceptors (Lipinski definition) is 1. The summed E-state index contributed by atoms with van der Waals surface area (Å²) in [6, 6.07) is 0. The van der Waals surface area contributed by atoms with Crippen molar-refractivity contribution in [1.82, 2.24) is 0 Å². The van der Waals surface area contributed by atoms with E-state index in [1.54, 1.807) is 6.08 Å². The normalized spacial score (nSPS) is 14.1. The first kappa shape index (κ1) is 11.0. The van der Waals surface area contributed by atoms with Crippen LogP contribution in [0.5, 0.6) is 0 Å². The molecule has 0 aliphatic rings. The summed E-state index contributed by atoms with van der Waals surface area (Å²) < 4.78 is 0. The molecule has 0 heterocycles. The van der Waals surface area contributed by atoms with Crippen LogP contribution in [0.2, 0.25) is 0 Å². The van der Waals surface area contributed by atoms with Gasteiger partial charge in [0.2, 0.25) is 0 Å². The van der Waals surface area contributed by atoms with E-state index < -0.39 is 0 Å². The minimum atomic E-state index is 0.384. The van der Waals surface area contributed by atoms with Gasteiger partial charge >= 0.3 is 0 Å². The molecule has 68 valence electrons. The average Bonchev–Trinajstić information content (AvgIpc) is 2.12. The zero-order valence-electron chi connectivity index (χ0n) is 8.22. The highest BCUT2D eigenvalue weighted by atomic mass is 16.3. The van der Waals surface area contributed by atoms with E-state index in [2.05, 4.69) is 13.5 Å². The van der Waals surface area contributed by atoms with E-state index in [9.17, 15) is 5.11 Å². The van der Waals surface area contributed by atoms with Gasteiger partial charge in [-0.15, -0.1) is 0 Å². The van der Waals surface area contributed by atoms with E-state index in [0.717, 1.165) is 24.0 Å². The zero-order chi connectivity index (χ0) is 9.56. The average molecular weight is 166 g/mol. The summed E-state index contributed by atoms with van der Waals surface area (Å²) in [5.74, 6) is 0.384. The quantitative estimate of drug-likeness (QED) is 0.498. The summed E-state index contributed by atoms with van der Waals surface area (Å²) in [7, 11) is 0. The Morgan fingerprint density at radius 1 is 1.33 bits per heavy atom. The van der Waals surface area contributed by atoms with Gasteiger partial charge in [0.1, 0.15) is 5.76 Å². The van der Waals surface area contributed by atoms with Crippen LogP contribution >= 0.6 is 0 Å². The molecule has 0 fully saturated rings. The van der Waals surface area contributed by atoms with Gasteiger partial charge in [0, 0.05) is 0 Å². The van der Waals surface area contributed by atoms with Crippen molar-refractivity contribution in [2.24, 2.45) is 0 Å². The molecule has 0 saturated carbocycles. The summed E-state index contributed by atoms with van der Waals surface area (Å²) in [5.41, 5.74) is 2.14. The maximum Gasteiger partial charge on any atom is 0.114 e. The van der Waals surface area contributed by atoms with Crippen molar-refractivity contribution in [1.29, 1.82) is 0 Å². The van der Waals surface area contributed by atoms with Crippen molar-refractivity contribution in [2.45, 2.75) is 33.6 Å². The van der Waals surface area contributed by atoms with E-state index in [-0.39, 0.29) is 0 Å². The molecule has 0 amide bonds. The fourth-order valence-corrected chi connectivity index (χ4v) is 1.23. The Kier molecular flexibility index (Phi) is 5.18. The highest BCUT2D eigenvalue weighted by Gasteiger charge is 2.03. The molecular weight excluding hydrogens is 148 g/mol. The summed E-state index contributed by atoms with van der Waals surface area (Å²) in [6.07, 6.45) is 5.31. The number of hydrogen-bond donors (Lipinski definition) is 1. The molecule has 0 atom stereocenters. The number of aliphatic hydroxyl groups excluding tert-OH is 1. The SMILES string of the molecule is C=C/C(CC)=C(CC)\C(O)=C/C. The van der Waals surface area contributed by atoms with E-state index in [0.29, 0.717) is 5.76 Å². The molecule has 0 aromatic carbocycles. The molecule has 1 heteroatoms. The molecule has 0 saturated heterocycles. The third-order valence-electron chi connectivity index (χ3n) is 1.95. The van der Waals surface area contributed by atoms with Crippen LogP contribution in [-0.4, -0.2) is 5.11 Å². The van der Waals surface area contributed by atoms with E-state index >= 15 is 0 Å². The predicted molar refractivity (Wildman–Crippen MR) is 54.2 cm³/mol. The van der Waals surface area contributed by atoms with Crippen LogP contribution in [0.4, 0.5) is 0 Å². The number of rotatable bonds is 4. The van der Waals surface area contributed by atoms with Crippen LogP contribution in [0.15, 0.2) is 35.6 Å². The van der Waals surface area contributed by atoms with Crippen LogP contribution < -0.4 is 0 Å². The maximum atomic E-state index is 9.51. The maximum absolute atomic E-state index is 9.51. The number of aliphatic hydroxyl groups is 1. The Labute approximate surface area is 75.1 Å². The van der Waals surface area contributed by atoms with Gasteiger partial charge in [0.05, 0.1) is 0 Å². The van der Waals surface area contributed by atoms with Crippen molar-refractivity contribution in [3.05, 3.63) is 35.6 Å². The monoisotopic (exact) mass is 166 g/mol. The topological polar surface area (TPSA) is 20.2 Å². The Balaban J connectivity index is 4.94. The first-order valence-electron chi connectivity index (χ1n) is 4.41. The van der Waals surface area contributed by atoms with Crippen LogP contribution in [0, 0.1) is 0 Å². The smallest absolute Gasteiger partial charge is 0.114 e. The molecule has 0 aromatic rings. The summed E-state index contributed by atoms with van der Waals surface area (Å²) in [4.78, 5) is 0. The van der Waals surface area contributed by atoms with Crippen molar-refractivity contribution < 1.29 is 5.11 Å². The third kappa shape index (κ3) is 2.57. The van der Waals surface area contributed by atoms with Gasteiger partial charge in [-0.25, -0.2) is 0 Å². The zero-order valence-corrected chi connectivity index (χ0v) is 8.22. The Bertz CT molecular complexity index is 209. The molecule has 0 aromatic heterocycles. The Morgan fingerprint density at radius 2 is 1.92 bits per heavy atom. The molecule has 0 unspecified atom stereocenters. The second kappa shape index (κ2) is 5.64. The molecule has 0 rings (SSSR count). The minimum Gasteiger partial charge on any atom is -0.508 e. The first-order valence-corrected chi connectivity index (χ1v) is 4.41. The standard InChI is InChI=1S/C11H18O/c1-5-9(6-2)10(7-3)11(12)8-4/h5,8,12H,1,6-7H2,2-4H3/b10-9+,11-8+. The van der Waals surface area contributed by atoms with Gasteiger partial charge in [-0.05, 0) is 37.0 Å². The molecule has 0 bridgehead atoms. The van der Waals surface area contributed by atoms with Crippen LogP contribution in [0.1, 0.15) is 33.6 Å². The predicted octanol–water partition coefficient (Wildman–Crippen LogP) is 3.75. The first-order chi connectivity index (χ1) is 5.71. The molecule has 12 heavy (non-hydrogen) atoms.